The average molecular weight is 836 g/mol. The zero-order chi connectivity index (χ0) is 42.2. The number of aromatic nitrogens is 4. The molecule has 3 atom stereocenters. The van der Waals surface area contributed by atoms with Crippen LogP contribution in [0.15, 0.2) is 103 Å². The largest absolute Gasteiger partial charge is 0.471 e. The minimum atomic E-state index is -2.17. The van der Waals surface area contributed by atoms with Crippen molar-refractivity contribution in [2.75, 3.05) is 11.9 Å². The second-order valence-corrected chi connectivity index (χ2v) is 29.1. The van der Waals surface area contributed by atoms with Crippen molar-refractivity contribution in [3.63, 3.8) is 0 Å². The number of imidazole rings is 1. The van der Waals surface area contributed by atoms with Crippen molar-refractivity contribution in [1.82, 2.24) is 19.5 Å². The molecule has 1 fully saturated rings. The molecule has 1 aliphatic rings. The number of rotatable bonds is 11. The number of benzene rings is 6. The normalized spacial score (nSPS) is 18.1. The first-order valence-electron chi connectivity index (χ1n) is 21.2. The van der Waals surface area contributed by atoms with Gasteiger partial charge in [0, 0.05) is 22.6 Å². The Labute approximate surface area is 355 Å². The van der Waals surface area contributed by atoms with Crippen LogP contribution in [-0.4, -0.2) is 55.0 Å². The summed E-state index contributed by atoms with van der Waals surface area (Å²) in [5.41, 5.74) is 3.17. The highest BCUT2D eigenvalue weighted by atomic mass is 28.4. The van der Waals surface area contributed by atoms with Crippen LogP contribution in [0.2, 0.25) is 36.3 Å². The number of ether oxygens (including phenoxy) is 2. The summed E-state index contributed by atoms with van der Waals surface area (Å²) in [4.78, 5) is 15.2. The van der Waals surface area contributed by atoms with Crippen LogP contribution in [-0.2, 0) is 20.2 Å². The number of hydrogen-bond donors (Lipinski definition) is 1. The van der Waals surface area contributed by atoms with E-state index in [1.807, 2.05) is 41.2 Å². The maximum Gasteiger partial charge on any atom is 0.247 e. The van der Waals surface area contributed by atoms with E-state index in [1.165, 1.54) is 26.9 Å². The van der Waals surface area contributed by atoms with Crippen molar-refractivity contribution in [3.8, 4) is 5.88 Å². The molecule has 8 aromatic rings. The summed E-state index contributed by atoms with van der Waals surface area (Å²) in [6.07, 6.45) is 1.64. The minimum absolute atomic E-state index is 0.0335. The molecule has 1 N–H and O–H groups in total. The Hall–Kier alpha value is -4.92. The second-order valence-electron chi connectivity index (χ2n) is 19.5. The highest BCUT2D eigenvalue weighted by Gasteiger charge is 2.47. The standard InChI is InChI=1S/C49H57N5O4Si2/c1-48(2,3)59(7,8)56-29-39-38(58-60(9,10)49(4,5)6)27-40(57-39)54-30-50-44-45(54)52-47(53-46(44)55-28-31-17-12-11-13-18-31)51-43-36-22-15-14-21-34(36)35-25-23-32-19-16-20-33-24-26-37(43)42(35)41(32)33/h11-26,30,38-40H,27-29H2,1-10H3,(H,51,52,53)/t38-,39+,40+/m0/s1. The topological polar surface area (TPSA) is 92.6 Å². The molecule has 9 rings (SSSR count). The van der Waals surface area contributed by atoms with Crippen LogP contribution in [0.3, 0.4) is 0 Å². The van der Waals surface area contributed by atoms with Crippen LogP contribution in [0.5, 0.6) is 5.88 Å². The molecule has 0 radical (unpaired) electrons. The highest BCUT2D eigenvalue weighted by molar-refractivity contribution is 6.74. The van der Waals surface area contributed by atoms with Gasteiger partial charge in [-0.25, -0.2) is 4.98 Å². The molecule has 0 amide bonds. The zero-order valence-electron chi connectivity index (χ0n) is 36.6. The third-order valence-electron chi connectivity index (χ3n) is 13.5. The Bertz CT molecular complexity index is 2830. The smallest absolute Gasteiger partial charge is 0.247 e. The summed E-state index contributed by atoms with van der Waals surface area (Å²) in [7, 11) is -4.24. The average Bonchev–Trinajstić information content (AvgIpc) is 3.82. The van der Waals surface area contributed by atoms with Crippen LogP contribution in [0.1, 0.15) is 59.8 Å². The Kier molecular flexibility index (Phi) is 10.1. The lowest BCUT2D eigenvalue weighted by Crippen LogP contribution is -2.48. The number of nitrogens with zero attached hydrogens (tertiary/aromatic N) is 4. The monoisotopic (exact) mass is 835 g/mol. The Balaban J connectivity index is 1.15. The van der Waals surface area contributed by atoms with Gasteiger partial charge in [0.2, 0.25) is 11.8 Å². The molecule has 1 saturated heterocycles. The third-order valence-corrected chi connectivity index (χ3v) is 22.5. The van der Waals surface area contributed by atoms with Crippen molar-refractivity contribution in [1.29, 1.82) is 0 Å². The summed E-state index contributed by atoms with van der Waals surface area (Å²) in [5, 5.41) is 13.3. The van der Waals surface area contributed by atoms with Gasteiger partial charge in [-0.05, 0) is 68.8 Å². The summed E-state index contributed by atoms with van der Waals surface area (Å²) in [6.45, 7) is 23.7. The van der Waals surface area contributed by atoms with Gasteiger partial charge in [0.05, 0.1) is 24.7 Å². The lowest BCUT2D eigenvalue weighted by Gasteiger charge is -2.40. The molecule has 60 heavy (non-hydrogen) atoms. The van der Waals surface area contributed by atoms with Gasteiger partial charge >= 0.3 is 0 Å². The van der Waals surface area contributed by atoms with E-state index in [0.29, 0.717) is 42.6 Å². The van der Waals surface area contributed by atoms with Crippen LogP contribution in [0.25, 0.3) is 54.3 Å². The minimum Gasteiger partial charge on any atom is -0.471 e. The lowest BCUT2D eigenvalue weighted by molar-refractivity contribution is -0.0383. The van der Waals surface area contributed by atoms with Gasteiger partial charge in [-0.2, -0.15) is 9.97 Å². The predicted octanol–water partition coefficient (Wildman–Crippen LogP) is 12.9. The molecule has 3 heterocycles. The first kappa shape index (κ1) is 40.5. The van der Waals surface area contributed by atoms with E-state index < -0.39 is 22.9 Å². The van der Waals surface area contributed by atoms with Gasteiger partial charge in [0.25, 0.3) is 0 Å². The molecule has 11 heteroatoms. The van der Waals surface area contributed by atoms with Gasteiger partial charge < -0.3 is 23.6 Å². The quantitative estimate of drug-likeness (QED) is 0.0782. The molecule has 0 unspecified atom stereocenters. The fourth-order valence-electron chi connectivity index (χ4n) is 8.03. The van der Waals surface area contributed by atoms with Gasteiger partial charge in [0.1, 0.15) is 18.9 Å². The summed E-state index contributed by atoms with van der Waals surface area (Å²) in [6, 6.07) is 34.1. The fourth-order valence-corrected chi connectivity index (χ4v) is 10.4. The van der Waals surface area contributed by atoms with Crippen molar-refractivity contribution >= 4 is 82.5 Å². The van der Waals surface area contributed by atoms with Gasteiger partial charge in [-0.1, -0.05) is 139 Å². The Morgan fingerprint density at radius 1 is 0.717 bits per heavy atom. The molecule has 9 nitrogen and oxygen atoms in total. The number of nitrogens with one attached hydrogen (secondary N) is 1. The SMILES string of the molecule is CC(C)(C)[Si](C)(C)OC[C@H]1O[C@@H](n2cnc3c(OCc4ccccc4)nc(Nc4c5ccccc5c5ccc6cccc7ccc4c5c76)nc32)C[C@@H]1O[Si](C)(C)C(C)(C)C. The van der Waals surface area contributed by atoms with Crippen molar-refractivity contribution in [2.24, 2.45) is 0 Å². The van der Waals surface area contributed by atoms with Crippen molar-refractivity contribution in [2.45, 2.75) is 109 Å². The first-order valence-corrected chi connectivity index (χ1v) is 27.0. The van der Waals surface area contributed by atoms with E-state index in [1.54, 1.807) is 0 Å². The maximum absolute atomic E-state index is 7.16. The molecule has 6 aromatic carbocycles. The molecular weight excluding hydrogens is 779 g/mol. The first-order chi connectivity index (χ1) is 28.5. The fraction of sp³-hybridized carbons (Fsp3) is 0.367. The third kappa shape index (κ3) is 7.23. The van der Waals surface area contributed by atoms with E-state index in [4.69, 9.17) is 33.3 Å². The molecule has 0 bridgehead atoms. The van der Waals surface area contributed by atoms with Crippen LogP contribution < -0.4 is 10.1 Å². The molecular formula is C49H57N5O4Si2. The molecule has 2 aromatic heterocycles. The predicted molar refractivity (Wildman–Crippen MR) is 251 cm³/mol. The van der Waals surface area contributed by atoms with E-state index >= 15 is 0 Å². The second kappa shape index (κ2) is 14.9. The summed E-state index contributed by atoms with van der Waals surface area (Å²) in [5.74, 6) is 0.814. The van der Waals surface area contributed by atoms with E-state index in [-0.39, 0.29) is 22.3 Å². The van der Waals surface area contributed by atoms with Crippen LogP contribution in [0.4, 0.5) is 11.6 Å². The zero-order valence-corrected chi connectivity index (χ0v) is 38.6. The maximum atomic E-state index is 7.16. The van der Waals surface area contributed by atoms with E-state index in [2.05, 4.69) is 140 Å². The van der Waals surface area contributed by atoms with E-state index in [9.17, 15) is 0 Å². The Morgan fingerprint density at radius 2 is 1.38 bits per heavy atom. The highest BCUT2D eigenvalue weighted by Crippen LogP contribution is 2.46. The number of hydrogen-bond acceptors (Lipinski definition) is 8. The lowest BCUT2D eigenvalue weighted by atomic mass is 9.90. The van der Waals surface area contributed by atoms with Crippen molar-refractivity contribution in [3.05, 3.63) is 109 Å². The number of anilines is 2. The molecule has 0 saturated carbocycles. The Morgan fingerprint density at radius 3 is 2.08 bits per heavy atom. The molecule has 0 aliphatic carbocycles. The van der Waals surface area contributed by atoms with Crippen LogP contribution >= 0.6 is 0 Å². The van der Waals surface area contributed by atoms with Crippen LogP contribution in [0, 0.1) is 0 Å². The van der Waals surface area contributed by atoms with Gasteiger partial charge in [-0.15, -0.1) is 0 Å². The molecule has 0 spiro atoms. The number of fused-ring (bicyclic) bond motifs is 3. The summed E-state index contributed by atoms with van der Waals surface area (Å²) < 4.78 is 29.5. The summed E-state index contributed by atoms with van der Waals surface area (Å²) >= 11 is 0. The molecule has 1 aliphatic heterocycles. The van der Waals surface area contributed by atoms with E-state index in [0.717, 1.165) is 27.4 Å². The van der Waals surface area contributed by atoms with Crippen molar-refractivity contribution < 1.29 is 18.3 Å². The van der Waals surface area contributed by atoms with Gasteiger partial charge in [-0.3, -0.25) is 4.57 Å². The molecule has 310 valence electrons. The van der Waals surface area contributed by atoms with Gasteiger partial charge in [0.15, 0.2) is 27.8 Å².